The van der Waals surface area contributed by atoms with Crippen molar-refractivity contribution in [2.75, 3.05) is 6.61 Å². The second-order valence-corrected chi connectivity index (χ2v) is 4.18. The van der Waals surface area contributed by atoms with Gasteiger partial charge in [-0.05, 0) is 26.3 Å². The van der Waals surface area contributed by atoms with Crippen molar-refractivity contribution in [3.05, 3.63) is 48.6 Å². The Morgan fingerprint density at radius 2 is 1.88 bits per heavy atom. The number of rotatable bonds is 5. The SMILES string of the molecule is C=C[C@](C)(OCC)[C@](C)(O)c1ccccc1. The number of ether oxygens (including phenoxy) is 1. The Balaban J connectivity index is 3.13. The van der Waals surface area contributed by atoms with E-state index in [1.54, 1.807) is 13.0 Å². The fourth-order valence-electron chi connectivity index (χ4n) is 1.75. The molecule has 0 aliphatic carbocycles. The second kappa shape index (κ2) is 4.81. The van der Waals surface area contributed by atoms with E-state index >= 15 is 0 Å². The summed E-state index contributed by atoms with van der Waals surface area (Å²) in [6.07, 6.45) is 1.66. The van der Waals surface area contributed by atoms with Gasteiger partial charge in [0.1, 0.15) is 11.2 Å². The van der Waals surface area contributed by atoms with E-state index in [1.807, 2.05) is 44.2 Å². The molecule has 0 amide bonds. The van der Waals surface area contributed by atoms with Gasteiger partial charge in [0, 0.05) is 6.61 Å². The summed E-state index contributed by atoms with van der Waals surface area (Å²) in [4.78, 5) is 0. The van der Waals surface area contributed by atoms with E-state index in [0.29, 0.717) is 6.61 Å². The molecule has 2 heteroatoms. The number of hydrogen-bond acceptors (Lipinski definition) is 2. The van der Waals surface area contributed by atoms with E-state index in [9.17, 15) is 5.11 Å². The maximum absolute atomic E-state index is 10.6. The zero-order chi connectivity index (χ0) is 12.2. The molecule has 2 atom stereocenters. The largest absolute Gasteiger partial charge is 0.382 e. The van der Waals surface area contributed by atoms with Crippen LogP contribution in [0.2, 0.25) is 0 Å². The van der Waals surface area contributed by atoms with E-state index in [1.165, 1.54) is 0 Å². The molecule has 0 aliphatic rings. The van der Waals surface area contributed by atoms with Crippen molar-refractivity contribution in [1.82, 2.24) is 0 Å². The maximum atomic E-state index is 10.6. The lowest BCUT2D eigenvalue weighted by atomic mass is 9.80. The van der Waals surface area contributed by atoms with Crippen molar-refractivity contribution in [2.45, 2.75) is 32.0 Å². The first-order chi connectivity index (χ1) is 7.48. The molecule has 1 rings (SSSR count). The lowest BCUT2D eigenvalue weighted by molar-refractivity contribution is -0.141. The lowest BCUT2D eigenvalue weighted by Gasteiger charge is -2.40. The van der Waals surface area contributed by atoms with Crippen LogP contribution in [0.3, 0.4) is 0 Å². The normalized spacial score (nSPS) is 18.5. The summed E-state index contributed by atoms with van der Waals surface area (Å²) in [5, 5.41) is 10.6. The van der Waals surface area contributed by atoms with Gasteiger partial charge in [-0.15, -0.1) is 6.58 Å². The first-order valence-corrected chi connectivity index (χ1v) is 5.53. The summed E-state index contributed by atoms with van der Waals surface area (Å²) in [6, 6.07) is 9.51. The Bertz CT molecular complexity index is 343. The van der Waals surface area contributed by atoms with Crippen molar-refractivity contribution in [3.8, 4) is 0 Å². The molecule has 0 saturated heterocycles. The highest BCUT2D eigenvalue weighted by Gasteiger charge is 2.43. The van der Waals surface area contributed by atoms with E-state index in [2.05, 4.69) is 6.58 Å². The van der Waals surface area contributed by atoms with Crippen LogP contribution < -0.4 is 0 Å². The Kier molecular flexibility index (Phi) is 3.89. The summed E-state index contributed by atoms with van der Waals surface area (Å²) >= 11 is 0. The lowest BCUT2D eigenvalue weighted by Crippen LogP contribution is -2.48. The zero-order valence-corrected chi connectivity index (χ0v) is 10.2. The highest BCUT2D eigenvalue weighted by Crippen LogP contribution is 2.36. The zero-order valence-electron chi connectivity index (χ0n) is 10.2. The molecule has 88 valence electrons. The molecule has 1 N–H and O–H groups in total. The monoisotopic (exact) mass is 220 g/mol. The minimum atomic E-state index is -1.09. The van der Waals surface area contributed by atoms with Crippen LogP contribution in [0.4, 0.5) is 0 Å². The smallest absolute Gasteiger partial charge is 0.119 e. The average Bonchev–Trinajstić information content (AvgIpc) is 2.30. The number of benzene rings is 1. The Morgan fingerprint density at radius 1 is 1.31 bits per heavy atom. The molecule has 1 aromatic carbocycles. The summed E-state index contributed by atoms with van der Waals surface area (Å²) in [7, 11) is 0. The van der Waals surface area contributed by atoms with Crippen LogP contribution in [-0.4, -0.2) is 17.3 Å². The van der Waals surface area contributed by atoms with Gasteiger partial charge in [0.15, 0.2) is 0 Å². The third-order valence-electron chi connectivity index (χ3n) is 3.14. The van der Waals surface area contributed by atoms with Crippen molar-refractivity contribution in [2.24, 2.45) is 0 Å². The average molecular weight is 220 g/mol. The summed E-state index contributed by atoms with van der Waals surface area (Å²) in [5.74, 6) is 0. The van der Waals surface area contributed by atoms with Gasteiger partial charge in [0.2, 0.25) is 0 Å². The van der Waals surface area contributed by atoms with Crippen LogP contribution in [0.25, 0.3) is 0 Å². The molecule has 0 saturated carbocycles. The molecular formula is C14H20O2. The van der Waals surface area contributed by atoms with Crippen LogP contribution in [0.5, 0.6) is 0 Å². The Hall–Kier alpha value is -1.12. The molecule has 0 radical (unpaired) electrons. The van der Waals surface area contributed by atoms with E-state index in [0.717, 1.165) is 5.56 Å². The minimum Gasteiger partial charge on any atom is -0.382 e. The third-order valence-corrected chi connectivity index (χ3v) is 3.14. The second-order valence-electron chi connectivity index (χ2n) is 4.18. The van der Waals surface area contributed by atoms with Gasteiger partial charge in [-0.3, -0.25) is 0 Å². The molecule has 0 fully saturated rings. The van der Waals surface area contributed by atoms with Crippen LogP contribution in [0.15, 0.2) is 43.0 Å². The topological polar surface area (TPSA) is 29.5 Å². The van der Waals surface area contributed by atoms with Crippen LogP contribution in [0, 0.1) is 0 Å². The van der Waals surface area contributed by atoms with Crippen LogP contribution in [-0.2, 0) is 10.3 Å². The van der Waals surface area contributed by atoms with E-state index in [-0.39, 0.29) is 0 Å². The van der Waals surface area contributed by atoms with E-state index in [4.69, 9.17) is 4.74 Å². The molecule has 0 heterocycles. The predicted molar refractivity (Wildman–Crippen MR) is 66.2 cm³/mol. The van der Waals surface area contributed by atoms with Gasteiger partial charge in [-0.2, -0.15) is 0 Å². The molecular weight excluding hydrogens is 200 g/mol. The molecule has 0 spiro atoms. The van der Waals surface area contributed by atoms with Crippen molar-refractivity contribution in [1.29, 1.82) is 0 Å². The standard InChI is InChI=1S/C14H20O2/c1-5-13(3,16-6-2)14(4,15)12-10-8-7-9-11-12/h5,7-11,15H,1,6H2,2-4H3/t13-,14+/m0/s1. The fourth-order valence-corrected chi connectivity index (χ4v) is 1.75. The summed E-state index contributed by atoms with van der Waals surface area (Å²) in [5.41, 5.74) is -1.05. The maximum Gasteiger partial charge on any atom is 0.119 e. The molecule has 16 heavy (non-hydrogen) atoms. The van der Waals surface area contributed by atoms with Gasteiger partial charge in [0.25, 0.3) is 0 Å². The van der Waals surface area contributed by atoms with Crippen LogP contribution in [0.1, 0.15) is 26.3 Å². The predicted octanol–water partition coefficient (Wildman–Crippen LogP) is 2.88. The summed E-state index contributed by atoms with van der Waals surface area (Å²) in [6.45, 7) is 9.79. The number of aliphatic hydroxyl groups is 1. The molecule has 2 nitrogen and oxygen atoms in total. The summed E-state index contributed by atoms with van der Waals surface area (Å²) < 4.78 is 5.63. The fraction of sp³-hybridized carbons (Fsp3) is 0.429. The number of hydrogen-bond donors (Lipinski definition) is 1. The van der Waals surface area contributed by atoms with Gasteiger partial charge >= 0.3 is 0 Å². The molecule has 0 aliphatic heterocycles. The Labute approximate surface area is 97.6 Å². The molecule has 0 aromatic heterocycles. The van der Waals surface area contributed by atoms with Crippen molar-refractivity contribution in [3.63, 3.8) is 0 Å². The highest BCUT2D eigenvalue weighted by atomic mass is 16.5. The molecule has 1 aromatic rings. The minimum absolute atomic E-state index is 0.533. The third kappa shape index (κ3) is 2.18. The molecule has 0 bridgehead atoms. The first-order valence-electron chi connectivity index (χ1n) is 5.53. The van der Waals surface area contributed by atoms with Gasteiger partial charge in [0.05, 0.1) is 0 Å². The van der Waals surface area contributed by atoms with Crippen molar-refractivity contribution >= 4 is 0 Å². The van der Waals surface area contributed by atoms with Crippen molar-refractivity contribution < 1.29 is 9.84 Å². The van der Waals surface area contributed by atoms with Gasteiger partial charge in [-0.1, -0.05) is 36.4 Å². The quantitative estimate of drug-likeness (QED) is 0.773. The highest BCUT2D eigenvalue weighted by molar-refractivity contribution is 5.27. The first kappa shape index (κ1) is 12.9. The van der Waals surface area contributed by atoms with Crippen LogP contribution >= 0.6 is 0 Å². The molecule has 0 unspecified atom stereocenters. The van der Waals surface area contributed by atoms with Gasteiger partial charge in [-0.25, -0.2) is 0 Å². The van der Waals surface area contributed by atoms with E-state index < -0.39 is 11.2 Å². The van der Waals surface area contributed by atoms with Gasteiger partial charge < -0.3 is 9.84 Å². The Morgan fingerprint density at radius 3 is 2.31 bits per heavy atom.